The number of nitro groups is 1. The first-order valence-electron chi connectivity index (χ1n) is 11.1. The Kier molecular flexibility index (Phi) is 7.49. The fourth-order valence-corrected chi connectivity index (χ4v) is 3.90. The van der Waals surface area contributed by atoms with Crippen LogP contribution in [-0.4, -0.2) is 43.3 Å². The van der Waals surface area contributed by atoms with Gasteiger partial charge in [-0.15, -0.1) is 13.2 Å². The quantitative estimate of drug-likeness (QED) is 0.398. The first-order chi connectivity index (χ1) is 16.8. The summed E-state index contributed by atoms with van der Waals surface area (Å²) < 4.78 is 52.2. The Morgan fingerprint density at radius 1 is 1.06 bits per heavy atom. The lowest BCUT2D eigenvalue weighted by atomic mass is 10.1. The standard InChI is InChI=1S/C23H25F3N4O5/c24-23(25,26)35-19-4-1-16(2-5-19)14-33-18-7-11-29(12-8-18)17-3-6-21(20(13-17)30(31)32)34-15-22-27-9-10-28-22/h1-6,9-10,13,18,22,27-28H,7-8,11-12,14-15H2. The summed E-state index contributed by atoms with van der Waals surface area (Å²) >= 11 is 0. The highest BCUT2D eigenvalue weighted by Crippen LogP contribution is 2.33. The predicted octanol–water partition coefficient (Wildman–Crippen LogP) is 4.05. The molecule has 2 aromatic rings. The van der Waals surface area contributed by atoms with Crippen molar-refractivity contribution in [2.24, 2.45) is 0 Å². The van der Waals surface area contributed by atoms with Crippen molar-refractivity contribution in [3.63, 3.8) is 0 Å². The third-order valence-corrected chi connectivity index (χ3v) is 5.67. The van der Waals surface area contributed by atoms with Gasteiger partial charge in [-0.05, 0) is 42.7 Å². The second-order valence-corrected chi connectivity index (χ2v) is 8.13. The van der Waals surface area contributed by atoms with E-state index in [1.807, 2.05) is 6.07 Å². The van der Waals surface area contributed by atoms with Crippen LogP contribution < -0.4 is 25.0 Å². The minimum Gasteiger partial charge on any atom is -0.483 e. The Morgan fingerprint density at radius 3 is 2.37 bits per heavy atom. The molecule has 2 heterocycles. The molecule has 0 saturated carbocycles. The van der Waals surface area contributed by atoms with Crippen LogP contribution in [0.4, 0.5) is 24.5 Å². The van der Waals surface area contributed by atoms with Gasteiger partial charge < -0.3 is 29.7 Å². The largest absolute Gasteiger partial charge is 0.573 e. The zero-order valence-electron chi connectivity index (χ0n) is 18.7. The number of alkyl halides is 3. The molecule has 2 aliphatic heterocycles. The minimum atomic E-state index is -4.72. The molecule has 0 aliphatic carbocycles. The Labute approximate surface area is 199 Å². The number of hydrogen-bond acceptors (Lipinski definition) is 8. The third kappa shape index (κ3) is 6.92. The summed E-state index contributed by atoms with van der Waals surface area (Å²) in [5.41, 5.74) is 1.39. The molecule has 0 radical (unpaired) electrons. The minimum absolute atomic E-state index is 0.0186. The highest BCUT2D eigenvalue weighted by atomic mass is 19.4. The maximum atomic E-state index is 12.3. The van der Waals surface area contributed by atoms with Crippen LogP contribution in [0.15, 0.2) is 54.9 Å². The number of nitrogens with zero attached hydrogens (tertiary/aromatic N) is 2. The summed E-state index contributed by atoms with van der Waals surface area (Å²) in [6, 6.07) is 10.5. The lowest BCUT2D eigenvalue weighted by Crippen LogP contribution is -2.37. The molecule has 0 spiro atoms. The van der Waals surface area contributed by atoms with E-state index in [4.69, 9.17) is 9.47 Å². The summed E-state index contributed by atoms with van der Waals surface area (Å²) in [5, 5.41) is 17.6. The molecule has 12 heteroatoms. The lowest BCUT2D eigenvalue weighted by molar-refractivity contribution is -0.385. The van der Waals surface area contributed by atoms with Crippen molar-refractivity contribution >= 4 is 11.4 Å². The SMILES string of the molecule is O=[N+]([O-])c1cc(N2CCC(OCc3ccc(OC(F)(F)F)cc3)CC2)ccc1OCC1NC=CN1. The fourth-order valence-electron chi connectivity index (χ4n) is 3.90. The maximum Gasteiger partial charge on any atom is 0.573 e. The van der Waals surface area contributed by atoms with Crippen molar-refractivity contribution < 1.29 is 32.3 Å². The van der Waals surface area contributed by atoms with Crippen molar-refractivity contribution in [3.8, 4) is 11.5 Å². The monoisotopic (exact) mass is 494 g/mol. The Morgan fingerprint density at radius 2 is 1.74 bits per heavy atom. The number of nitro benzene ring substituents is 1. The van der Waals surface area contributed by atoms with Gasteiger partial charge in [-0.25, -0.2) is 0 Å². The van der Waals surface area contributed by atoms with Crippen molar-refractivity contribution in [1.82, 2.24) is 10.6 Å². The number of hydrogen-bond donors (Lipinski definition) is 2. The van der Waals surface area contributed by atoms with Crippen molar-refractivity contribution in [2.75, 3.05) is 24.6 Å². The summed E-state index contributed by atoms with van der Waals surface area (Å²) in [4.78, 5) is 13.2. The Balaban J connectivity index is 1.27. The molecule has 188 valence electrons. The van der Waals surface area contributed by atoms with E-state index in [0.29, 0.717) is 25.9 Å². The highest BCUT2D eigenvalue weighted by Gasteiger charge is 2.31. The molecule has 0 unspecified atom stereocenters. The third-order valence-electron chi connectivity index (χ3n) is 5.67. The molecule has 4 rings (SSSR count). The van der Waals surface area contributed by atoms with E-state index in [1.54, 1.807) is 18.5 Å². The maximum absolute atomic E-state index is 12.3. The highest BCUT2D eigenvalue weighted by molar-refractivity contribution is 5.60. The molecule has 9 nitrogen and oxygen atoms in total. The van der Waals surface area contributed by atoms with Crippen LogP contribution in [0.5, 0.6) is 11.5 Å². The van der Waals surface area contributed by atoms with Gasteiger partial charge in [0.1, 0.15) is 18.5 Å². The molecule has 0 atom stereocenters. The Bertz CT molecular complexity index is 1030. The number of rotatable bonds is 9. The van der Waals surface area contributed by atoms with E-state index in [1.165, 1.54) is 30.3 Å². The molecular formula is C23H25F3N4O5. The van der Waals surface area contributed by atoms with Gasteiger partial charge in [0.2, 0.25) is 0 Å². The van der Waals surface area contributed by atoms with Gasteiger partial charge in [-0.2, -0.15) is 0 Å². The number of benzene rings is 2. The number of anilines is 1. The van der Waals surface area contributed by atoms with Gasteiger partial charge >= 0.3 is 12.0 Å². The summed E-state index contributed by atoms with van der Waals surface area (Å²) in [6.07, 6.45) is 0.0293. The van der Waals surface area contributed by atoms with Crippen molar-refractivity contribution in [1.29, 1.82) is 0 Å². The van der Waals surface area contributed by atoms with Crippen molar-refractivity contribution in [3.05, 3.63) is 70.5 Å². The first kappa shape index (κ1) is 24.5. The molecular weight excluding hydrogens is 469 g/mol. The van der Waals surface area contributed by atoms with E-state index >= 15 is 0 Å². The van der Waals surface area contributed by atoms with Crippen LogP contribution in [0.1, 0.15) is 18.4 Å². The van der Waals surface area contributed by atoms with Gasteiger partial charge in [0.15, 0.2) is 5.75 Å². The molecule has 0 amide bonds. The second kappa shape index (κ2) is 10.7. The smallest absolute Gasteiger partial charge is 0.483 e. The molecule has 1 fully saturated rings. The summed E-state index contributed by atoms with van der Waals surface area (Å²) in [6.45, 7) is 1.81. The lowest BCUT2D eigenvalue weighted by Gasteiger charge is -2.33. The number of piperidine rings is 1. The van der Waals surface area contributed by atoms with Gasteiger partial charge in [0, 0.05) is 37.2 Å². The topological polar surface area (TPSA) is 98.1 Å². The van der Waals surface area contributed by atoms with E-state index < -0.39 is 11.3 Å². The Hall–Kier alpha value is -3.67. The fraction of sp³-hybridized carbons (Fsp3) is 0.391. The molecule has 2 aliphatic rings. The first-order valence-corrected chi connectivity index (χ1v) is 11.1. The van der Waals surface area contributed by atoms with Gasteiger partial charge in [-0.3, -0.25) is 10.1 Å². The zero-order chi connectivity index (χ0) is 24.8. The number of ether oxygens (including phenoxy) is 3. The van der Waals surface area contributed by atoms with Crippen LogP contribution in [0.3, 0.4) is 0 Å². The average Bonchev–Trinajstić information content (AvgIpc) is 3.35. The normalized spacial score (nSPS) is 16.6. The van der Waals surface area contributed by atoms with Crippen molar-refractivity contribution in [2.45, 2.75) is 38.1 Å². The summed E-state index contributed by atoms with van der Waals surface area (Å²) in [5.74, 6) is -0.0666. The molecule has 35 heavy (non-hydrogen) atoms. The van der Waals surface area contributed by atoms with E-state index in [-0.39, 0.29) is 42.7 Å². The summed E-state index contributed by atoms with van der Waals surface area (Å²) in [7, 11) is 0. The van der Waals surface area contributed by atoms with Crippen LogP contribution >= 0.6 is 0 Å². The van der Waals surface area contributed by atoms with E-state index in [2.05, 4.69) is 20.3 Å². The molecule has 2 N–H and O–H groups in total. The van der Waals surface area contributed by atoms with Gasteiger partial charge in [-0.1, -0.05) is 12.1 Å². The van der Waals surface area contributed by atoms with Crippen LogP contribution in [0, 0.1) is 10.1 Å². The second-order valence-electron chi connectivity index (χ2n) is 8.13. The molecule has 2 aromatic carbocycles. The van der Waals surface area contributed by atoms with Crippen LogP contribution in [0.25, 0.3) is 0 Å². The van der Waals surface area contributed by atoms with Crippen LogP contribution in [0.2, 0.25) is 0 Å². The van der Waals surface area contributed by atoms with Gasteiger partial charge in [0.25, 0.3) is 0 Å². The van der Waals surface area contributed by atoms with E-state index in [0.717, 1.165) is 11.3 Å². The molecule has 0 bridgehead atoms. The number of nitrogens with one attached hydrogen (secondary N) is 2. The molecule has 0 aromatic heterocycles. The average molecular weight is 494 g/mol. The van der Waals surface area contributed by atoms with Crippen LogP contribution in [-0.2, 0) is 11.3 Å². The molecule has 1 saturated heterocycles. The number of halogens is 3. The van der Waals surface area contributed by atoms with Gasteiger partial charge in [0.05, 0.1) is 17.6 Å². The van der Waals surface area contributed by atoms with E-state index in [9.17, 15) is 23.3 Å². The zero-order valence-corrected chi connectivity index (χ0v) is 18.7. The predicted molar refractivity (Wildman–Crippen MR) is 121 cm³/mol.